The highest BCUT2D eigenvalue weighted by Crippen LogP contribution is 2.65. The number of hydrogen-bond donors (Lipinski definition) is 3. The van der Waals surface area contributed by atoms with E-state index >= 15 is 0 Å². The third-order valence-corrected chi connectivity index (χ3v) is 8.51. The number of esters is 1. The van der Waals surface area contributed by atoms with Crippen molar-refractivity contribution in [1.82, 2.24) is 0 Å². The molecular weight excluding hydrogens is 360 g/mol. The summed E-state index contributed by atoms with van der Waals surface area (Å²) in [5.41, 5.74) is -1.50. The third-order valence-electron chi connectivity index (χ3n) is 8.51. The maximum Gasteiger partial charge on any atom is 0.302 e. The first kappa shape index (κ1) is 22.0. The Morgan fingerprint density at radius 1 is 1.11 bits per heavy atom. The Morgan fingerprint density at radius 3 is 2.39 bits per heavy atom. The summed E-state index contributed by atoms with van der Waals surface area (Å²) in [5.74, 6) is 0.529. The molecule has 3 fully saturated rings. The molecule has 6 heteroatoms. The van der Waals surface area contributed by atoms with Gasteiger partial charge in [-0.05, 0) is 62.7 Å². The van der Waals surface area contributed by atoms with Crippen LogP contribution in [0.1, 0.15) is 72.6 Å². The lowest BCUT2D eigenvalue weighted by atomic mass is 9.44. The first-order valence-electron chi connectivity index (χ1n) is 10.8. The Hall–Kier alpha value is -0.690. The van der Waals surface area contributed by atoms with Crippen LogP contribution in [-0.4, -0.2) is 58.4 Å². The average molecular weight is 399 g/mol. The molecule has 0 aromatic rings. The number of carbonyl (C=O) groups is 1. The molecule has 3 rings (SSSR count). The van der Waals surface area contributed by atoms with Crippen LogP contribution in [0.25, 0.3) is 0 Å². The number of rotatable bonds is 5. The standard InChI is InChI=1S/C22H38O6/c1-15(25)27-14-19(2)8-5-9-20(3)16(19)6-10-21(4)17(20)7-11-22(13-24,28-21)18(26)12-23/h16-18,23-24,26H,5-14H2,1-4H3. The van der Waals surface area contributed by atoms with Gasteiger partial charge in [-0.15, -0.1) is 0 Å². The van der Waals surface area contributed by atoms with Crippen molar-refractivity contribution < 1.29 is 29.6 Å². The normalized spacial score (nSPS) is 47.0. The average Bonchev–Trinajstić information content (AvgIpc) is 2.64. The summed E-state index contributed by atoms with van der Waals surface area (Å²) >= 11 is 0. The van der Waals surface area contributed by atoms with Gasteiger partial charge >= 0.3 is 5.97 Å². The van der Waals surface area contributed by atoms with Gasteiger partial charge in [-0.1, -0.05) is 20.3 Å². The zero-order valence-corrected chi connectivity index (χ0v) is 17.9. The van der Waals surface area contributed by atoms with E-state index in [4.69, 9.17) is 9.47 Å². The molecule has 0 amide bonds. The van der Waals surface area contributed by atoms with Gasteiger partial charge in [0.05, 0.1) is 25.4 Å². The van der Waals surface area contributed by atoms with Crippen molar-refractivity contribution in [2.75, 3.05) is 19.8 Å². The first-order chi connectivity index (χ1) is 13.1. The second-order valence-corrected chi connectivity index (χ2v) is 10.3. The monoisotopic (exact) mass is 398 g/mol. The predicted molar refractivity (Wildman–Crippen MR) is 105 cm³/mol. The van der Waals surface area contributed by atoms with Gasteiger partial charge < -0.3 is 24.8 Å². The van der Waals surface area contributed by atoms with E-state index in [2.05, 4.69) is 20.8 Å². The number of aliphatic hydroxyl groups excluding tert-OH is 3. The number of aliphatic hydroxyl groups is 3. The summed E-state index contributed by atoms with van der Waals surface area (Å²) in [4.78, 5) is 11.4. The molecule has 7 unspecified atom stereocenters. The van der Waals surface area contributed by atoms with Crippen molar-refractivity contribution in [2.45, 2.75) is 89.9 Å². The fourth-order valence-electron chi connectivity index (χ4n) is 7.13. The van der Waals surface area contributed by atoms with E-state index in [1.165, 1.54) is 6.92 Å². The van der Waals surface area contributed by atoms with Crippen molar-refractivity contribution in [3.63, 3.8) is 0 Å². The highest BCUT2D eigenvalue weighted by atomic mass is 16.6. The second-order valence-electron chi connectivity index (χ2n) is 10.3. The van der Waals surface area contributed by atoms with E-state index in [0.29, 0.717) is 24.9 Å². The molecule has 2 aliphatic carbocycles. The molecular formula is C22H38O6. The van der Waals surface area contributed by atoms with Crippen LogP contribution in [0.15, 0.2) is 0 Å². The minimum atomic E-state index is -1.08. The predicted octanol–water partition coefficient (Wildman–Crippen LogP) is 2.43. The number of ether oxygens (including phenoxy) is 2. The summed E-state index contributed by atoms with van der Waals surface area (Å²) in [6, 6.07) is 0. The summed E-state index contributed by atoms with van der Waals surface area (Å²) in [5, 5.41) is 29.9. The van der Waals surface area contributed by atoms with Crippen LogP contribution in [0.5, 0.6) is 0 Å². The maximum absolute atomic E-state index is 11.4. The lowest BCUT2D eigenvalue weighted by Crippen LogP contribution is -2.67. The Kier molecular flexibility index (Phi) is 5.92. The van der Waals surface area contributed by atoms with Crippen LogP contribution in [0.3, 0.4) is 0 Å². The molecule has 0 bridgehead atoms. The van der Waals surface area contributed by atoms with Crippen LogP contribution in [0.2, 0.25) is 0 Å². The largest absolute Gasteiger partial charge is 0.465 e. The lowest BCUT2D eigenvalue weighted by molar-refractivity contribution is -0.302. The van der Waals surface area contributed by atoms with Gasteiger partial charge in [0, 0.05) is 12.3 Å². The summed E-state index contributed by atoms with van der Waals surface area (Å²) in [6.45, 7) is 7.98. The topological polar surface area (TPSA) is 96.2 Å². The molecule has 0 radical (unpaired) electrons. The van der Waals surface area contributed by atoms with Gasteiger partial charge in [0.1, 0.15) is 11.7 Å². The summed E-state index contributed by atoms with van der Waals surface area (Å²) in [7, 11) is 0. The zero-order valence-electron chi connectivity index (χ0n) is 17.9. The summed E-state index contributed by atoms with van der Waals surface area (Å²) < 4.78 is 12.0. The van der Waals surface area contributed by atoms with Crippen LogP contribution in [-0.2, 0) is 14.3 Å². The van der Waals surface area contributed by atoms with Gasteiger partial charge in [-0.3, -0.25) is 4.79 Å². The van der Waals surface area contributed by atoms with Crippen molar-refractivity contribution in [3.05, 3.63) is 0 Å². The molecule has 0 spiro atoms. The molecule has 3 N–H and O–H groups in total. The Bertz CT molecular complexity index is 596. The van der Waals surface area contributed by atoms with Crippen molar-refractivity contribution in [1.29, 1.82) is 0 Å². The molecule has 1 saturated heterocycles. The van der Waals surface area contributed by atoms with E-state index in [1.54, 1.807) is 0 Å². The van der Waals surface area contributed by atoms with Gasteiger partial charge in [0.15, 0.2) is 0 Å². The van der Waals surface area contributed by atoms with Gasteiger partial charge in [-0.25, -0.2) is 0 Å². The van der Waals surface area contributed by atoms with E-state index in [-0.39, 0.29) is 23.4 Å². The van der Waals surface area contributed by atoms with Crippen LogP contribution in [0.4, 0.5) is 0 Å². The van der Waals surface area contributed by atoms with Gasteiger partial charge in [0.25, 0.3) is 0 Å². The lowest BCUT2D eigenvalue weighted by Gasteiger charge is -2.66. The van der Waals surface area contributed by atoms with Gasteiger partial charge in [0.2, 0.25) is 0 Å². The molecule has 6 nitrogen and oxygen atoms in total. The van der Waals surface area contributed by atoms with Crippen LogP contribution < -0.4 is 0 Å². The smallest absolute Gasteiger partial charge is 0.302 e. The molecule has 1 heterocycles. The first-order valence-corrected chi connectivity index (χ1v) is 10.8. The molecule has 0 aromatic carbocycles. The van der Waals surface area contributed by atoms with E-state index in [9.17, 15) is 20.1 Å². The van der Waals surface area contributed by atoms with Crippen LogP contribution in [0, 0.1) is 22.7 Å². The van der Waals surface area contributed by atoms with E-state index in [0.717, 1.165) is 38.5 Å². The van der Waals surface area contributed by atoms with E-state index < -0.39 is 23.9 Å². The molecule has 0 aromatic heterocycles. The molecule has 1 aliphatic heterocycles. The van der Waals surface area contributed by atoms with E-state index in [1.807, 2.05) is 0 Å². The highest BCUT2D eigenvalue weighted by molar-refractivity contribution is 5.65. The van der Waals surface area contributed by atoms with Gasteiger partial charge in [-0.2, -0.15) is 0 Å². The second kappa shape index (κ2) is 7.53. The highest BCUT2D eigenvalue weighted by Gasteiger charge is 2.63. The van der Waals surface area contributed by atoms with Crippen molar-refractivity contribution in [2.24, 2.45) is 22.7 Å². The fraction of sp³-hybridized carbons (Fsp3) is 0.955. The SMILES string of the molecule is CC(=O)OCC1(C)CCCC2(C)C1CCC1(C)OC(CO)(C(O)CO)CCC12. The maximum atomic E-state index is 11.4. The fourth-order valence-corrected chi connectivity index (χ4v) is 7.13. The minimum Gasteiger partial charge on any atom is -0.465 e. The summed E-state index contributed by atoms with van der Waals surface area (Å²) in [6.07, 6.45) is 5.40. The Labute approximate surface area is 168 Å². The Balaban J connectivity index is 1.88. The molecule has 162 valence electrons. The number of hydrogen-bond acceptors (Lipinski definition) is 6. The minimum absolute atomic E-state index is 0.0316. The molecule has 28 heavy (non-hydrogen) atoms. The number of carbonyl (C=O) groups excluding carboxylic acids is 1. The molecule has 3 aliphatic rings. The van der Waals surface area contributed by atoms with Crippen molar-refractivity contribution >= 4 is 5.97 Å². The molecule has 7 atom stereocenters. The molecule has 2 saturated carbocycles. The zero-order chi connectivity index (χ0) is 20.8. The van der Waals surface area contributed by atoms with Crippen LogP contribution >= 0.6 is 0 Å². The van der Waals surface area contributed by atoms with Crippen molar-refractivity contribution in [3.8, 4) is 0 Å². The number of fused-ring (bicyclic) bond motifs is 3. The third kappa shape index (κ3) is 3.40. The Morgan fingerprint density at radius 2 is 1.79 bits per heavy atom. The quantitative estimate of drug-likeness (QED) is 0.616.